The molecule has 0 bridgehead atoms. The van der Waals surface area contributed by atoms with Crippen molar-refractivity contribution in [2.75, 3.05) is 14.1 Å². The van der Waals surface area contributed by atoms with Gasteiger partial charge in [-0.05, 0) is 5.56 Å². The molecule has 0 saturated carbocycles. The molecule has 0 radical (unpaired) electrons. The summed E-state index contributed by atoms with van der Waals surface area (Å²) in [5, 5.41) is 0.701. The van der Waals surface area contributed by atoms with Gasteiger partial charge in [-0.2, -0.15) is 0 Å². The summed E-state index contributed by atoms with van der Waals surface area (Å²) in [5.74, 6) is -1.55. The number of nitrogens with zero attached hydrogens (tertiary/aromatic N) is 2. The third-order valence-electron chi connectivity index (χ3n) is 3.81. The summed E-state index contributed by atoms with van der Waals surface area (Å²) in [6, 6.07) is 8.83. The predicted molar refractivity (Wildman–Crippen MR) is 86.9 cm³/mol. The highest BCUT2D eigenvalue weighted by Gasteiger charge is 2.52. The first-order valence-electron chi connectivity index (χ1n) is 7.41. The van der Waals surface area contributed by atoms with Crippen molar-refractivity contribution in [2.45, 2.75) is 36.5 Å². The molecule has 3 rings (SSSR count). The average Bonchev–Trinajstić information content (AvgIpc) is 2.99. The summed E-state index contributed by atoms with van der Waals surface area (Å²) in [6.45, 7) is 0.190. The molecule has 1 saturated heterocycles. The number of rotatable bonds is 4. The van der Waals surface area contributed by atoms with Gasteiger partial charge in [0.1, 0.15) is 17.6 Å². The average molecular weight is 338 g/mol. The second-order valence-electron chi connectivity index (χ2n) is 5.82. The standard InChI is InChI=1S/C16H19FN2O3S/c1-19(2)15-18-13-12(17)8-16(10-20,22-14(13)23-15)21-9-11-6-4-3-5-7-11/h3-7,10,12-14H,8-9H2,1-2H3. The van der Waals surface area contributed by atoms with Crippen LogP contribution in [-0.4, -0.2) is 53.9 Å². The van der Waals surface area contributed by atoms with Crippen molar-refractivity contribution in [2.24, 2.45) is 4.99 Å². The van der Waals surface area contributed by atoms with E-state index < -0.39 is 23.4 Å². The minimum absolute atomic E-state index is 0.144. The number of benzene rings is 1. The van der Waals surface area contributed by atoms with Crippen LogP contribution in [0.2, 0.25) is 0 Å². The number of aldehydes is 1. The first-order valence-corrected chi connectivity index (χ1v) is 8.29. The van der Waals surface area contributed by atoms with Crippen molar-refractivity contribution < 1.29 is 18.7 Å². The van der Waals surface area contributed by atoms with E-state index in [1.54, 1.807) is 0 Å². The van der Waals surface area contributed by atoms with E-state index in [0.29, 0.717) is 11.5 Å². The van der Waals surface area contributed by atoms with Crippen LogP contribution >= 0.6 is 11.8 Å². The molecule has 23 heavy (non-hydrogen) atoms. The van der Waals surface area contributed by atoms with Crippen LogP contribution in [-0.2, 0) is 20.9 Å². The van der Waals surface area contributed by atoms with E-state index in [4.69, 9.17) is 9.47 Å². The molecular weight excluding hydrogens is 319 g/mol. The van der Waals surface area contributed by atoms with Crippen LogP contribution in [0.5, 0.6) is 0 Å². The number of carbonyl (C=O) groups excluding carboxylic acids is 1. The second kappa shape index (κ2) is 6.59. The van der Waals surface area contributed by atoms with Crippen LogP contribution in [0.1, 0.15) is 12.0 Å². The van der Waals surface area contributed by atoms with E-state index in [0.717, 1.165) is 5.56 Å². The number of amidine groups is 1. The minimum Gasteiger partial charge on any atom is -0.358 e. The highest BCUT2D eigenvalue weighted by molar-refractivity contribution is 8.14. The van der Waals surface area contributed by atoms with Gasteiger partial charge in [-0.3, -0.25) is 9.79 Å². The third-order valence-corrected chi connectivity index (χ3v) is 5.10. The normalized spacial score (nSPS) is 33.0. The number of carbonyl (C=O) groups is 1. The van der Waals surface area contributed by atoms with Crippen molar-refractivity contribution in [1.82, 2.24) is 4.90 Å². The fourth-order valence-corrected chi connectivity index (χ4v) is 3.76. The fourth-order valence-electron chi connectivity index (χ4n) is 2.58. The number of hydrogen-bond acceptors (Lipinski definition) is 6. The van der Waals surface area contributed by atoms with Gasteiger partial charge in [-0.15, -0.1) is 0 Å². The number of hydrogen-bond donors (Lipinski definition) is 0. The smallest absolute Gasteiger partial charge is 0.230 e. The predicted octanol–water partition coefficient (Wildman–Crippen LogP) is 2.22. The van der Waals surface area contributed by atoms with E-state index in [2.05, 4.69) is 4.99 Å². The van der Waals surface area contributed by atoms with Gasteiger partial charge in [0.05, 0.1) is 6.61 Å². The number of halogens is 1. The van der Waals surface area contributed by atoms with Crippen molar-refractivity contribution in [3.8, 4) is 0 Å². The van der Waals surface area contributed by atoms with Gasteiger partial charge >= 0.3 is 0 Å². The van der Waals surface area contributed by atoms with E-state index in [1.807, 2.05) is 49.3 Å². The molecule has 0 aliphatic carbocycles. The van der Waals surface area contributed by atoms with Gasteiger partial charge in [-0.25, -0.2) is 4.39 Å². The van der Waals surface area contributed by atoms with Crippen molar-refractivity contribution in [3.05, 3.63) is 35.9 Å². The van der Waals surface area contributed by atoms with Crippen molar-refractivity contribution >= 4 is 23.2 Å². The van der Waals surface area contributed by atoms with E-state index in [-0.39, 0.29) is 13.0 Å². The molecular formula is C16H19FN2O3S. The first kappa shape index (κ1) is 16.4. The maximum absolute atomic E-state index is 14.5. The van der Waals surface area contributed by atoms with Crippen LogP contribution < -0.4 is 0 Å². The molecule has 2 aliphatic heterocycles. The lowest BCUT2D eigenvalue weighted by atomic mass is 10.0. The van der Waals surface area contributed by atoms with Crippen LogP contribution in [0, 0.1) is 0 Å². The third kappa shape index (κ3) is 3.41. The van der Waals surface area contributed by atoms with Crippen LogP contribution in [0.25, 0.3) is 0 Å². The highest BCUT2D eigenvalue weighted by Crippen LogP contribution is 2.42. The lowest BCUT2D eigenvalue weighted by molar-refractivity contribution is -0.257. The summed E-state index contributed by atoms with van der Waals surface area (Å²) >= 11 is 1.32. The Morgan fingerprint density at radius 1 is 1.48 bits per heavy atom. The molecule has 0 N–H and O–H groups in total. The van der Waals surface area contributed by atoms with Gasteiger partial charge in [0.15, 0.2) is 11.5 Å². The molecule has 0 spiro atoms. The Morgan fingerprint density at radius 2 is 2.22 bits per heavy atom. The summed E-state index contributed by atoms with van der Waals surface area (Å²) in [5.41, 5.74) is 0.358. The Labute approximate surface area is 138 Å². The zero-order valence-corrected chi connectivity index (χ0v) is 13.8. The molecule has 4 atom stereocenters. The maximum Gasteiger partial charge on any atom is 0.230 e. The SMILES string of the molecule is CN(C)C1=NC2C(F)CC(C=O)(OCc3ccccc3)OC2S1. The van der Waals surface area contributed by atoms with Crippen LogP contribution in [0.3, 0.4) is 0 Å². The van der Waals surface area contributed by atoms with Gasteiger partial charge in [0, 0.05) is 20.5 Å². The van der Waals surface area contributed by atoms with Crippen molar-refractivity contribution in [1.29, 1.82) is 0 Å². The Bertz CT molecular complexity index is 598. The number of thioether (sulfide) groups is 1. The molecule has 4 unspecified atom stereocenters. The molecule has 1 aromatic carbocycles. The molecule has 1 fully saturated rings. The molecule has 1 aromatic rings. The maximum atomic E-state index is 14.5. The molecule has 0 aromatic heterocycles. The lowest BCUT2D eigenvalue weighted by Crippen LogP contribution is -2.52. The summed E-state index contributed by atoms with van der Waals surface area (Å²) < 4.78 is 26.0. The van der Waals surface area contributed by atoms with Gasteiger partial charge < -0.3 is 14.4 Å². The summed E-state index contributed by atoms with van der Waals surface area (Å²) in [6.07, 6.45) is -0.859. The second-order valence-corrected chi connectivity index (χ2v) is 6.89. The summed E-state index contributed by atoms with van der Waals surface area (Å²) in [4.78, 5) is 17.7. The molecule has 2 heterocycles. The number of fused-ring (bicyclic) bond motifs is 1. The molecule has 124 valence electrons. The Hall–Kier alpha value is -1.44. The molecule has 5 nitrogen and oxygen atoms in total. The van der Waals surface area contributed by atoms with Crippen LogP contribution in [0.15, 0.2) is 35.3 Å². The highest BCUT2D eigenvalue weighted by atomic mass is 32.2. The Kier molecular flexibility index (Phi) is 4.70. The monoisotopic (exact) mass is 338 g/mol. The topological polar surface area (TPSA) is 51.1 Å². The first-order chi connectivity index (χ1) is 11.0. The molecule has 2 aliphatic rings. The zero-order valence-electron chi connectivity index (χ0n) is 13.0. The van der Waals surface area contributed by atoms with E-state index >= 15 is 0 Å². The van der Waals surface area contributed by atoms with Gasteiger partial charge in [-0.1, -0.05) is 42.1 Å². The Morgan fingerprint density at radius 3 is 2.87 bits per heavy atom. The fraction of sp³-hybridized carbons (Fsp3) is 0.500. The lowest BCUT2D eigenvalue weighted by Gasteiger charge is -2.39. The van der Waals surface area contributed by atoms with E-state index in [9.17, 15) is 9.18 Å². The van der Waals surface area contributed by atoms with Crippen molar-refractivity contribution in [3.63, 3.8) is 0 Å². The van der Waals surface area contributed by atoms with Gasteiger partial charge in [0.2, 0.25) is 5.79 Å². The molecule has 0 amide bonds. The minimum atomic E-state index is -1.55. The zero-order chi connectivity index (χ0) is 16.4. The van der Waals surface area contributed by atoms with Crippen LogP contribution in [0.4, 0.5) is 4.39 Å². The quantitative estimate of drug-likeness (QED) is 0.788. The van der Waals surface area contributed by atoms with E-state index in [1.165, 1.54) is 11.8 Å². The number of ether oxygens (including phenoxy) is 2. The number of alkyl halides is 1. The van der Waals surface area contributed by atoms with Gasteiger partial charge in [0.25, 0.3) is 0 Å². The summed E-state index contributed by atoms with van der Waals surface area (Å²) in [7, 11) is 3.69. The largest absolute Gasteiger partial charge is 0.358 e. The molecule has 7 heteroatoms. The Balaban J connectivity index is 1.71. The number of aliphatic imine (C=N–C) groups is 1.